The molecular weight excluding hydrogens is 517 g/mol. The fraction of sp³-hybridized carbons (Fsp3) is 0.346. The highest BCUT2D eigenvalue weighted by atomic mass is 35.5. The van der Waals surface area contributed by atoms with Crippen molar-refractivity contribution in [3.63, 3.8) is 0 Å². The fourth-order valence-corrected chi connectivity index (χ4v) is 3.20. The van der Waals surface area contributed by atoms with E-state index in [0.29, 0.717) is 16.9 Å². The number of aromatic nitrogens is 3. The average Bonchev–Trinajstić information content (AvgIpc) is 2.76. The molecule has 0 atom stereocenters. The van der Waals surface area contributed by atoms with Crippen molar-refractivity contribution in [2.24, 2.45) is 11.3 Å². The van der Waals surface area contributed by atoms with Crippen LogP contribution in [0, 0.1) is 29.6 Å². The van der Waals surface area contributed by atoms with E-state index in [1.807, 2.05) is 11.9 Å². The number of nitriles is 1. The van der Waals surface area contributed by atoms with Crippen LogP contribution in [0.3, 0.4) is 0 Å². The van der Waals surface area contributed by atoms with Gasteiger partial charge in [-0.2, -0.15) is 9.94 Å². The Bertz CT molecular complexity index is 1430. The van der Waals surface area contributed by atoms with Crippen LogP contribution in [-0.4, -0.2) is 20.7 Å². The largest absolute Gasteiger partial charge is 0.454 e. The summed E-state index contributed by atoms with van der Waals surface area (Å²) in [5, 5.41) is 15.7. The highest BCUT2D eigenvalue weighted by molar-refractivity contribution is 6.37. The van der Waals surface area contributed by atoms with Crippen molar-refractivity contribution in [1.82, 2.24) is 14.8 Å². The molecule has 0 bridgehead atoms. The van der Waals surface area contributed by atoms with Crippen molar-refractivity contribution < 1.29 is 9.53 Å². The summed E-state index contributed by atoms with van der Waals surface area (Å²) in [4.78, 5) is 37.5. The first-order chi connectivity index (χ1) is 17.1. The molecule has 0 aliphatic carbocycles. The quantitative estimate of drug-likeness (QED) is 0.413. The molecule has 1 heterocycles. The molecule has 0 spiro atoms. The van der Waals surface area contributed by atoms with Gasteiger partial charge in [0.05, 0.1) is 15.7 Å². The molecular formula is C26H29Cl2N5O4. The minimum atomic E-state index is -0.894. The summed E-state index contributed by atoms with van der Waals surface area (Å²) in [6.45, 7) is 14.2. The Morgan fingerprint density at radius 2 is 1.70 bits per heavy atom. The van der Waals surface area contributed by atoms with Crippen molar-refractivity contribution in [3.8, 4) is 23.3 Å². The molecule has 1 aromatic heterocycles. The van der Waals surface area contributed by atoms with Gasteiger partial charge < -0.3 is 10.1 Å². The number of nitrogens with one attached hydrogen (secondary N) is 2. The second-order valence-corrected chi connectivity index (χ2v) is 10.9. The van der Waals surface area contributed by atoms with Crippen molar-refractivity contribution in [3.05, 3.63) is 72.5 Å². The Labute approximate surface area is 225 Å². The Morgan fingerprint density at radius 1 is 1.14 bits per heavy atom. The number of benzene rings is 2. The lowest BCUT2D eigenvalue weighted by Crippen LogP contribution is -2.33. The summed E-state index contributed by atoms with van der Waals surface area (Å²) in [6.07, 6.45) is 0. The van der Waals surface area contributed by atoms with Gasteiger partial charge in [0.2, 0.25) is 11.6 Å². The van der Waals surface area contributed by atoms with Gasteiger partial charge in [-0.3, -0.25) is 14.6 Å². The molecule has 2 N–H and O–H groups in total. The number of anilines is 1. The van der Waals surface area contributed by atoms with Crippen molar-refractivity contribution >= 4 is 34.8 Å². The third kappa shape index (κ3) is 8.48. The molecule has 11 heteroatoms. The molecule has 3 aromatic rings. The van der Waals surface area contributed by atoms with Crippen LogP contribution in [0.5, 0.6) is 11.5 Å². The number of hydrogen-bond donors (Lipinski definition) is 2. The fourth-order valence-electron chi connectivity index (χ4n) is 2.65. The first-order valence-corrected chi connectivity index (χ1v) is 12.1. The second kappa shape index (κ2) is 12.1. The van der Waals surface area contributed by atoms with Gasteiger partial charge in [-0.1, -0.05) is 64.7 Å². The molecule has 2 aromatic carbocycles. The zero-order chi connectivity index (χ0) is 28.1. The van der Waals surface area contributed by atoms with Gasteiger partial charge >= 0.3 is 5.69 Å². The van der Waals surface area contributed by atoms with E-state index in [9.17, 15) is 14.4 Å². The Balaban J connectivity index is 0.000000877. The van der Waals surface area contributed by atoms with E-state index in [1.54, 1.807) is 38.1 Å². The number of rotatable bonds is 5. The number of aryl methyl sites for hydroxylation is 1. The van der Waals surface area contributed by atoms with Crippen molar-refractivity contribution in [1.29, 1.82) is 5.26 Å². The predicted molar refractivity (Wildman–Crippen MR) is 145 cm³/mol. The Kier molecular flexibility index (Phi) is 9.67. The maximum absolute atomic E-state index is 12.1. The molecule has 0 saturated heterocycles. The molecule has 196 valence electrons. The van der Waals surface area contributed by atoms with Gasteiger partial charge in [0, 0.05) is 11.6 Å². The van der Waals surface area contributed by atoms with Gasteiger partial charge in [0.25, 0.3) is 5.56 Å². The number of carbonyl (C=O) groups excluding carboxylic acids is 1. The van der Waals surface area contributed by atoms with Gasteiger partial charge in [-0.15, -0.1) is 5.10 Å². The molecule has 9 nitrogen and oxygen atoms in total. The topological polar surface area (TPSA) is 130 Å². The number of nitrogens with zero attached hydrogens (tertiary/aromatic N) is 3. The summed E-state index contributed by atoms with van der Waals surface area (Å²) in [5.74, 6) is 0.297. The number of amides is 1. The molecule has 1 amide bonds. The molecule has 0 fully saturated rings. The zero-order valence-corrected chi connectivity index (χ0v) is 23.2. The van der Waals surface area contributed by atoms with E-state index < -0.39 is 16.9 Å². The van der Waals surface area contributed by atoms with E-state index in [0.717, 1.165) is 10.2 Å². The molecule has 0 radical (unpaired) electrons. The lowest BCUT2D eigenvalue weighted by Gasteiger charge is -2.14. The number of halogens is 2. The second-order valence-electron chi connectivity index (χ2n) is 10.1. The first-order valence-electron chi connectivity index (χ1n) is 11.3. The maximum atomic E-state index is 12.1. The van der Waals surface area contributed by atoms with Crippen LogP contribution in [0.4, 0.5) is 5.69 Å². The van der Waals surface area contributed by atoms with E-state index in [1.165, 1.54) is 12.1 Å². The number of hydrogen-bond acceptors (Lipinski definition) is 6. The standard InChI is InChI=1S/C21H17Cl2N5O4.C5H12/c1-10(2)19(29)25-16-5-4-13(6-11(16)3)32-18-14(22)7-12(8-15(18)23)28-21(31)26-20(30)17(9-24)27-28;1-5(2,3)4/h4-8,10H,1-3H3,(H,25,29)(H,26,30,31);1-4H3. The number of aromatic amines is 1. The van der Waals surface area contributed by atoms with Gasteiger partial charge in [-0.05, 0) is 48.2 Å². The average molecular weight is 546 g/mol. The highest BCUT2D eigenvalue weighted by Crippen LogP contribution is 2.38. The van der Waals surface area contributed by atoms with Crippen LogP contribution in [-0.2, 0) is 4.79 Å². The minimum Gasteiger partial charge on any atom is -0.454 e. The monoisotopic (exact) mass is 545 g/mol. The summed E-state index contributed by atoms with van der Waals surface area (Å²) >= 11 is 12.6. The lowest BCUT2D eigenvalue weighted by molar-refractivity contribution is -0.118. The SMILES string of the molecule is CC(C)(C)C.Cc1cc(Oc2c(Cl)cc(-n3nc(C#N)c(=O)[nH]c3=O)cc2Cl)ccc1NC(=O)C(C)C. The summed E-state index contributed by atoms with van der Waals surface area (Å²) in [6, 6.07) is 9.39. The van der Waals surface area contributed by atoms with Crippen LogP contribution in [0.2, 0.25) is 10.0 Å². The zero-order valence-electron chi connectivity index (χ0n) is 21.7. The number of H-pyrrole nitrogens is 1. The summed E-state index contributed by atoms with van der Waals surface area (Å²) in [5.41, 5.74) is -0.183. The summed E-state index contributed by atoms with van der Waals surface area (Å²) in [7, 11) is 0. The van der Waals surface area contributed by atoms with Gasteiger partial charge in [-0.25, -0.2) is 4.79 Å². The van der Waals surface area contributed by atoms with Gasteiger partial charge in [0.1, 0.15) is 11.8 Å². The van der Waals surface area contributed by atoms with Crippen LogP contribution in [0.25, 0.3) is 5.69 Å². The van der Waals surface area contributed by atoms with Crippen molar-refractivity contribution in [2.45, 2.75) is 48.5 Å². The number of ether oxygens (including phenoxy) is 1. The lowest BCUT2D eigenvalue weighted by atomic mass is 10.0. The van der Waals surface area contributed by atoms with E-state index >= 15 is 0 Å². The van der Waals surface area contributed by atoms with Crippen LogP contribution >= 0.6 is 23.2 Å². The molecule has 37 heavy (non-hydrogen) atoms. The predicted octanol–water partition coefficient (Wildman–Crippen LogP) is 5.85. The molecule has 0 aliphatic rings. The third-order valence-electron chi connectivity index (χ3n) is 4.36. The number of carbonyl (C=O) groups is 1. The van der Waals surface area contributed by atoms with Crippen LogP contribution < -0.4 is 21.3 Å². The van der Waals surface area contributed by atoms with Crippen molar-refractivity contribution in [2.75, 3.05) is 5.32 Å². The summed E-state index contributed by atoms with van der Waals surface area (Å²) < 4.78 is 6.62. The minimum absolute atomic E-state index is 0.0701. The first kappa shape index (κ1) is 29.6. The molecule has 0 aliphatic heterocycles. The van der Waals surface area contributed by atoms with Crippen LogP contribution in [0.15, 0.2) is 39.9 Å². The molecule has 0 unspecified atom stereocenters. The Morgan fingerprint density at radius 3 is 2.19 bits per heavy atom. The normalized spacial score (nSPS) is 10.8. The smallest absolute Gasteiger partial charge is 0.349 e. The van der Waals surface area contributed by atoms with E-state index in [4.69, 9.17) is 33.2 Å². The van der Waals surface area contributed by atoms with E-state index in [2.05, 4.69) is 38.1 Å². The van der Waals surface area contributed by atoms with Gasteiger partial charge in [0.15, 0.2) is 5.75 Å². The Hall–Kier alpha value is -3.61. The van der Waals surface area contributed by atoms with E-state index in [-0.39, 0.29) is 33.3 Å². The molecule has 3 rings (SSSR count). The van der Waals surface area contributed by atoms with Crippen LogP contribution in [0.1, 0.15) is 52.8 Å². The maximum Gasteiger partial charge on any atom is 0.349 e. The molecule has 0 saturated carbocycles. The highest BCUT2D eigenvalue weighted by Gasteiger charge is 2.16. The third-order valence-corrected chi connectivity index (χ3v) is 4.92.